The highest BCUT2D eigenvalue weighted by molar-refractivity contribution is 5.98. The summed E-state index contributed by atoms with van der Waals surface area (Å²) in [6.45, 7) is 3.48. The number of hydrogen-bond acceptors (Lipinski definition) is 3. The van der Waals surface area contributed by atoms with Crippen LogP contribution in [0.2, 0.25) is 0 Å². The van der Waals surface area contributed by atoms with Crippen LogP contribution in [0.15, 0.2) is 4.42 Å². The Bertz CT molecular complexity index is 302. The van der Waals surface area contributed by atoms with E-state index in [0.29, 0.717) is 11.3 Å². The molecule has 0 radical (unpaired) electrons. The quantitative estimate of drug-likeness (QED) is 0.620. The van der Waals surface area contributed by atoms with Crippen LogP contribution in [0.4, 0.5) is 5.88 Å². The summed E-state index contributed by atoms with van der Waals surface area (Å²) in [5.41, 5.74) is 11.4. The fourth-order valence-electron chi connectivity index (χ4n) is 0.960. The lowest BCUT2D eigenvalue weighted by Gasteiger charge is -1.91. The topological polar surface area (TPSA) is 82.2 Å². The summed E-state index contributed by atoms with van der Waals surface area (Å²) in [6.07, 6.45) is 0. The van der Waals surface area contributed by atoms with E-state index in [1.54, 1.807) is 13.8 Å². The van der Waals surface area contributed by atoms with Gasteiger partial charge in [-0.25, -0.2) is 0 Å². The monoisotopic (exact) mass is 154 g/mol. The van der Waals surface area contributed by atoms with Gasteiger partial charge in [-0.15, -0.1) is 0 Å². The summed E-state index contributed by atoms with van der Waals surface area (Å²) >= 11 is 0. The zero-order valence-corrected chi connectivity index (χ0v) is 6.47. The van der Waals surface area contributed by atoms with Crippen molar-refractivity contribution in [3.63, 3.8) is 0 Å². The van der Waals surface area contributed by atoms with E-state index in [2.05, 4.69) is 0 Å². The number of carbonyl (C=O) groups excluding carboxylic acids is 1. The molecule has 0 aliphatic heterocycles. The van der Waals surface area contributed by atoms with Crippen molar-refractivity contribution in [3.05, 3.63) is 16.9 Å². The van der Waals surface area contributed by atoms with E-state index in [-0.39, 0.29) is 5.88 Å². The van der Waals surface area contributed by atoms with Gasteiger partial charge in [0.1, 0.15) is 11.3 Å². The summed E-state index contributed by atoms with van der Waals surface area (Å²) in [4.78, 5) is 10.7. The zero-order chi connectivity index (χ0) is 8.59. The maximum absolute atomic E-state index is 10.7. The average Bonchev–Trinajstić information content (AvgIpc) is 2.07. The molecule has 1 aromatic heterocycles. The highest BCUT2D eigenvalue weighted by atomic mass is 16.4. The van der Waals surface area contributed by atoms with Gasteiger partial charge in [0.05, 0.1) is 0 Å². The molecule has 1 rings (SSSR count). The van der Waals surface area contributed by atoms with Crippen LogP contribution in [0.5, 0.6) is 0 Å². The molecule has 0 unspecified atom stereocenters. The summed E-state index contributed by atoms with van der Waals surface area (Å²) in [7, 11) is 0. The van der Waals surface area contributed by atoms with Crippen LogP contribution in [0.3, 0.4) is 0 Å². The fraction of sp³-hybridized carbons (Fsp3) is 0.286. The maximum Gasteiger partial charge on any atom is 0.254 e. The third-order valence-corrected chi connectivity index (χ3v) is 1.66. The lowest BCUT2D eigenvalue weighted by molar-refractivity contribution is 0.100. The van der Waals surface area contributed by atoms with Crippen LogP contribution in [-0.4, -0.2) is 5.91 Å². The largest absolute Gasteiger partial charge is 0.445 e. The van der Waals surface area contributed by atoms with E-state index in [1.807, 2.05) is 0 Å². The molecule has 4 heteroatoms. The van der Waals surface area contributed by atoms with Gasteiger partial charge in [-0.2, -0.15) is 0 Å². The summed E-state index contributed by atoms with van der Waals surface area (Å²) in [5.74, 6) is 0.195. The molecule has 0 saturated heterocycles. The van der Waals surface area contributed by atoms with Gasteiger partial charge in [0.2, 0.25) is 5.88 Å². The molecule has 4 nitrogen and oxygen atoms in total. The number of nitrogens with two attached hydrogens (primary N) is 2. The number of anilines is 1. The molecule has 0 aromatic carbocycles. The minimum atomic E-state index is -0.545. The van der Waals surface area contributed by atoms with Crippen LogP contribution in [0.1, 0.15) is 21.7 Å². The molecule has 1 amide bonds. The highest BCUT2D eigenvalue weighted by Crippen LogP contribution is 2.22. The van der Waals surface area contributed by atoms with Gasteiger partial charge in [0.25, 0.3) is 5.91 Å². The van der Waals surface area contributed by atoms with Crippen molar-refractivity contribution >= 4 is 11.8 Å². The van der Waals surface area contributed by atoms with Crippen molar-refractivity contribution in [1.82, 2.24) is 0 Å². The number of hydrogen-bond donors (Lipinski definition) is 2. The first kappa shape index (κ1) is 7.65. The van der Waals surface area contributed by atoms with E-state index in [1.165, 1.54) is 0 Å². The van der Waals surface area contributed by atoms with Crippen LogP contribution in [0, 0.1) is 13.8 Å². The lowest BCUT2D eigenvalue weighted by Crippen LogP contribution is -2.13. The van der Waals surface area contributed by atoms with E-state index < -0.39 is 5.91 Å². The number of rotatable bonds is 1. The standard InChI is InChI=1S/C7H10N2O2/c1-3-4(2)11-7(9)5(3)6(8)10/h9H2,1-2H3,(H2,8,10). The van der Waals surface area contributed by atoms with Crippen molar-refractivity contribution < 1.29 is 9.21 Å². The average molecular weight is 154 g/mol. The molecule has 1 aromatic rings. The highest BCUT2D eigenvalue weighted by Gasteiger charge is 2.15. The maximum atomic E-state index is 10.7. The summed E-state index contributed by atoms with van der Waals surface area (Å²) < 4.78 is 4.98. The third kappa shape index (κ3) is 1.07. The third-order valence-electron chi connectivity index (χ3n) is 1.66. The van der Waals surface area contributed by atoms with Crippen LogP contribution >= 0.6 is 0 Å². The van der Waals surface area contributed by atoms with Crippen LogP contribution in [0.25, 0.3) is 0 Å². The lowest BCUT2D eigenvalue weighted by atomic mass is 10.1. The molecule has 0 bridgehead atoms. The Morgan fingerprint density at radius 1 is 1.45 bits per heavy atom. The van der Waals surface area contributed by atoms with E-state index in [4.69, 9.17) is 15.9 Å². The molecule has 60 valence electrons. The SMILES string of the molecule is Cc1oc(N)c(C(N)=O)c1C. The number of nitrogen functional groups attached to an aromatic ring is 1. The predicted octanol–water partition coefficient (Wildman–Crippen LogP) is 0.578. The van der Waals surface area contributed by atoms with Gasteiger partial charge in [0, 0.05) is 5.56 Å². The van der Waals surface area contributed by atoms with Gasteiger partial charge in [-0.05, 0) is 13.8 Å². The van der Waals surface area contributed by atoms with Crippen molar-refractivity contribution in [2.45, 2.75) is 13.8 Å². The van der Waals surface area contributed by atoms with Crippen molar-refractivity contribution in [2.75, 3.05) is 5.73 Å². The number of amides is 1. The van der Waals surface area contributed by atoms with Gasteiger partial charge in [-0.1, -0.05) is 0 Å². The molecule has 1 heterocycles. The molecule has 4 N–H and O–H groups in total. The second-order valence-electron chi connectivity index (χ2n) is 2.39. The Labute approximate surface area is 64.2 Å². The molecule has 0 atom stereocenters. The number of furan rings is 1. The Balaban J connectivity index is 3.34. The molecule has 0 aliphatic carbocycles. The first-order valence-electron chi connectivity index (χ1n) is 3.19. The number of aryl methyl sites for hydroxylation is 1. The van der Waals surface area contributed by atoms with Crippen molar-refractivity contribution in [3.8, 4) is 0 Å². The first-order valence-corrected chi connectivity index (χ1v) is 3.19. The molecule has 0 fully saturated rings. The van der Waals surface area contributed by atoms with E-state index in [9.17, 15) is 4.79 Å². The van der Waals surface area contributed by atoms with E-state index in [0.717, 1.165) is 5.56 Å². The summed E-state index contributed by atoms with van der Waals surface area (Å²) in [6, 6.07) is 0. The summed E-state index contributed by atoms with van der Waals surface area (Å²) in [5, 5.41) is 0. The normalized spacial score (nSPS) is 10.0. The van der Waals surface area contributed by atoms with Crippen LogP contribution < -0.4 is 11.5 Å². The Kier molecular flexibility index (Phi) is 1.60. The van der Waals surface area contributed by atoms with Gasteiger partial charge in [-0.3, -0.25) is 4.79 Å². The second-order valence-corrected chi connectivity index (χ2v) is 2.39. The number of carbonyl (C=O) groups is 1. The van der Waals surface area contributed by atoms with Gasteiger partial charge in [0.15, 0.2) is 0 Å². The Hall–Kier alpha value is -1.45. The molecule has 0 spiro atoms. The molecule has 0 saturated carbocycles. The smallest absolute Gasteiger partial charge is 0.254 e. The molecule has 0 aliphatic rings. The van der Waals surface area contributed by atoms with Gasteiger partial charge < -0.3 is 15.9 Å². The second kappa shape index (κ2) is 2.30. The zero-order valence-electron chi connectivity index (χ0n) is 6.47. The minimum Gasteiger partial charge on any atom is -0.445 e. The Morgan fingerprint density at radius 3 is 2.18 bits per heavy atom. The number of primary amides is 1. The van der Waals surface area contributed by atoms with Crippen LogP contribution in [-0.2, 0) is 0 Å². The molecular formula is C7H10N2O2. The fourth-order valence-corrected chi connectivity index (χ4v) is 0.960. The molecule has 11 heavy (non-hydrogen) atoms. The minimum absolute atomic E-state index is 0.104. The van der Waals surface area contributed by atoms with Crippen molar-refractivity contribution in [1.29, 1.82) is 0 Å². The Morgan fingerprint density at radius 2 is 2.00 bits per heavy atom. The van der Waals surface area contributed by atoms with E-state index >= 15 is 0 Å². The first-order chi connectivity index (χ1) is 5.04. The predicted molar refractivity (Wildman–Crippen MR) is 41.1 cm³/mol. The van der Waals surface area contributed by atoms with Crippen molar-refractivity contribution in [2.24, 2.45) is 5.73 Å². The molecular weight excluding hydrogens is 144 g/mol. The van der Waals surface area contributed by atoms with Gasteiger partial charge >= 0.3 is 0 Å².